The summed E-state index contributed by atoms with van der Waals surface area (Å²) in [6.07, 6.45) is -0.0603. The second-order valence-corrected chi connectivity index (χ2v) is 11.6. The first-order valence-corrected chi connectivity index (χ1v) is 13.2. The number of halogens is 3. The minimum atomic E-state index is -5.91. The predicted octanol–water partition coefficient (Wildman–Crippen LogP) is 4.74. The molecule has 0 fully saturated rings. The minimum Gasteiger partial charge on any atom is -0.444 e. The molecule has 3 heterocycles. The first-order valence-electron chi connectivity index (χ1n) is 11.8. The van der Waals surface area contributed by atoms with Crippen molar-refractivity contribution in [2.75, 3.05) is 0 Å². The molecule has 0 aliphatic carbocycles. The highest BCUT2D eigenvalue weighted by molar-refractivity contribution is 7.88. The van der Waals surface area contributed by atoms with E-state index in [0.717, 1.165) is 6.07 Å². The van der Waals surface area contributed by atoms with Crippen molar-refractivity contribution in [3.05, 3.63) is 88.5 Å². The topological polar surface area (TPSA) is 120 Å². The largest absolute Gasteiger partial charge is 0.534 e. The van der Waals surface area contributed by atoms with Crippen LogP contribution in [0.15, 0.2) is 54.7 Å². The third-order valence-electron chi connectivity index (χ3n) is 5.81. The normalized spacial score (nSPS) is 19.3. The zero-order chi connectivity index (χ0) is 28.8. The van der Waals surface area contributed by atoms with Gasteiger partial charge in [-0.2, -0.15) is 21.6 Å². The second-order valence-electron chi connectivity index (χ2n) is 10.1. The number of pyridine rings is 2. The maximum Gasteiger partial charge on any atom is 0.534 e. The number of aryl methyl sites for hydroxylation is 2. The number of alkyl carbamates (subject to hydrolysis) is 1. The van der Waals surface area contributed by atoms with Gasteiger partial charge < -0.3 is 14.2 Å². The number of hydrogen-bond acceptors (Lipinski definition) is 8. The Hall–Kier alpha value is -3.71. The summed E-state index contributed by atoms with van der Waals surface area (Å²) in [5.74, 6) is -0.539. The van der Waals surface area contributed by atoms with Gasteiger partial charge in [0.05, 0.1) is 11.2 Å². The van der Waals surface area contributed by atoms with Crippen LogP contribution in [0.25, 0.3) is 0 Å². The molecule has 13 heteroatoms. The summed E-state index contributed by atoms with van der Waals surface area (Å²) in [5, 5.41) is 6.13. The van der Waals surface area contributed by atoms with Crippen LogP contribution in [0, 0.1) is 13.8 Å². The van der Waals surface area contributed by atoms with Crippen LogP contribution < -0.4 is 14.8 Å². The summed E-state index contributed by atoms with van der Waals surface area (Å²) in [5.41, 5.74) is -4.39. The quantitative estimate of drug-likeness (QED) is 0.337. The van der Waals surface area contributed by atoms with E-state index in [4.69, 9.17) is 4.74 Å². The van der Waals surface area contributed by atoms with Gasteiger partial charge in [0.15, 0.2) is 0 Å². The van der Waals surface area contributed by atoms with Crippen LogP contribution in [0.3, 0.4) is 0 Å². The molecular formula is C26H27F3N4O5S. The maximum atomic E-state index is 13.0. The molecule has 1 aromatic carbocycles. The molecule has 39 heavy (non-hydrogen) atoms. The summed E-state index contributed by atoms with van der Waals surface area (Å²) in [7, 11) is -5.91. The number of nitrogens with one attached hydrogen (secondary N) is 2. The fourth-order valence-electron chi connectivity index (χ4n) is 4.51. The SMILES string of the molecule is Cc1cc(C2(c3cccc(OS(=O)(=O)C(F)(F)F)c3)NC(NC(=O)OC(C)(C)C)c3ncccc32)cc(C)n1. The van der Waals surface area contributed by atoms with Gasteiger partial charge in [-0.25, -0.2) is 4.79 Å². The molecule has 1 aliphatic heterocycles. The van der Waals surface area contributed by atoms with Gasteiger partial charge in [0.1, 0.15) is 17.5 Å². The lowest BCUT2D eigenvalue weighted by molar-refractivity contribution is -0.0500. The molecule has 2 unspecified atom stereocenters. The van der Waals surface area contributed by atoms with Gasteiger partial charge in [-0.15, -0.1) is 0 Å². The second kappa shape index (κ2) is 9.79. The van der Waals surface area contributed by atoms with Crippen LogP contribution in [0.5, 0.6) is 5.75 Å². The number of alkyl halides is 3. The van der Waals surface area contributed by atoms with Crippen molar-refractivity contribution in [2.24, 2.45) is 0 Å². The molecule has 208 valence electrons. The van der Waals surface area contributed by atoms with Gasteiger partial charge in [0, 0.05) is 23.1 Å². The van der Waals surface area contributed by atoms with E-state index in [9.17, 15) is 26.4 Å². The Kier molecular flexibility index (Phi) is 7.11. The number of fused-ring (bicyclic) bond motifs is 1. The number of carbonyl (C=O) groups excluding carboxylic acids is 1. The smallest absolute Gasteiger partial charge is 0.444 e. The fourth-order valence-corrected chi connectivity index (χ4v) is 4.96. The number of amides is 1. The van der Waals surface area contributed by atoms with Gasteiger partial charge in [-0.3, -0.25) is 15.3 Å². The molecule has 2 N–H and O–H groups in total. The lowest BCUT2D eigenvalue weighted by Gasteiger charge is -2.34. The molecule has 0 radical (unpaired) electrons. The highest BCUT2D eigenvalue weighted by Crippen LogP contribution is 2.46. The summed E-state index contributed by atoms with van der Waals surface area (Å²) in [4.78, 5) is 21.6. The van der Waals surface area contributed by atoms with Crippen molar-refractivity contribution in [1.82, 2.24) is 20.6 Å². The van der Waals surface area contributed by atoms with E-state index in [2.05, 4.69) is 24.8 Å². The lowest BCUT2D eigenvalue weighted by Crippen LogP contribution is -2.46. The van der Waals surface area contributed by atoms with E-state index in [1.165, 1.54) is 12.1 Å². The highest BCUT2D eigenvalue weighted by Gasteiger charge is 2.50. The van der Waals surface area contributed by atoms with Crippen molar-refractivity contribution < 1.29 is 35.3 Å². The zero-order valence-corrected chi connectivity index (χ0v) is 22.6. The summed E-state index contributed by atoms with van der Waals surface area (Å²) in [6, 6.07) is 12.3. The van der Waals surface area contributed by atoms with E-state index >= 15 is 0 Å². The van der Waals surface area contributed by atoms with Crippen LogP contribution in [0.2, 0.25) is 0 Å². The standard InChI is InChI=1S/C26H27F3N4O5S/c1-15-12-18(13-16(2)31-15)25(17-8-6-9-19(14-17)38-39(35,36)26(27,28)29)20-10-7-11-30-21(20)22(33-25)32-23(34)37-24(3,4)5/h6-14,22,33H,1-5H3,(H,32,34). The molecule has 0 saturated heterocycles. The van der Waals surface area contributed by atoms with E-state index in [1.807, 2.05) is 0 Å². The number of benzene rings is 1. The zero-order valence-electron chi connectivity index (χ0n) is 21.8. The van der Waals surface area contributed by atoms with Crippen LogP contribution in [0.4, 0.5) is 18.0 Å². The Morgan fingerprint density at radius 3 is 2.31 bits per heavy atom. The predicted molar refractivity (Wildman–Crippen MR) is 135 cm³/mol. The molecule has 0 spiro atoms. The highest BCUT2D eigenvalue weighted by atomic mass is 32.2. The van der Waals surface area contributed by atoms with Crippen LogP contribution in [-0.4, -0.2) is 35.6 Å². The molecule has 0 bridgehead atoms. The Balaban J connectivity index is 1.90. The monoisotopic (exact) mass is 564 g/mol. The Labute approximate surface area is 223 Å². The number of nitrogens with zero attached hydrogens (tertiary/aromatic N) is 2. The maximum absolute atomic E-state index is 13.0. The molecule has 1 aliphatic rings. The summed E-state index contributed by atoms with van der Waals surface area (Å²) >= 11 is 0. The molecule has 2 aromatic heterocycles. The Morgan fingerprint density at radius 2 is 1.69 bits per heavy atom. The first-order chi connectivity index (χ1) is 18.0. The minimum absolute atomic E-state index is 0.338. The molecule has 9 nitrogen and oxygen atoms in total. The third-order valence-corrected chi connectivity index (χ3v) is 6.79. The number of ether oxygens (including phenoxy) is 1. The van der Waals surface area contributed by atoms with E-state index in [-0.39, 0.29) is 0 Å². The van der Waals surface area contributed by atoms with Crippen molar-refractivity contribution in [3.63, 3.8) is 0 Å². The van der Waals surface area contributed by atoms with Crippen LogP contribution in [-0.2, 0) is 20.4 Å². The molecule has 4 rings (SSSR count). The molecule has 3 aromatic rings. The third kappa shape index (κ3) is 5.69. The van der Waals surface area contributed by atoms with E-state index < -0.39 is 44.8 Å². The molecule has 2 atom stereocenters. The van der Waals surface area contributed by atoms with Crippen LogP contribution >= 0.6 is 0 Å². The van der Waals surface area contributed by atoms with Crippen molar-refractivity contribution in [3.8, 4) is 5.75 Å². The lowest BCUT2D eigenvalue weighted by atomic mass is 9.78. The molecular weight excluding hydrogens is 537 g/mol. The Morgan fingerprint density at radius 1 is 1.03 bits per heavy atom. The summed E-state index contributed by atoms with van der Waals surface area (Å²) < 4.78 is 72.5. The molecule has 1 amide bonds. The van der Waals surface area contributed by atoms with Crippen LogP contribution in [0.1, 0.15) is 60.7 Å². The van der Waals surface area contributed by atoms with Gasteiger partial charge in [0.25, 0.3) is 0 Å². The number of carbonyl (C=O) groups is 1. The number of hydrogen-bond donors (Lipinski definition) is 2. The first kappa shape index (κ1) is 28.3. The van der Waals surface area contributed by atoms with Gasteiger partial charge in [-0.1, -0.05) is 18.2 Å². The summed E-state index contributed by atoms with van der Waals surface area (Å²) in [6.45, 7) is 8.72. The van der Waals surface area contributed by atoms with Crippen molar-refractivity contribution in [2.45, 2.75) is 57.4 Å². The molecule has 0 saturated carbocycles. The van der Waals surface area contributed by atoms with Crippen molar-refractivity contribution >= 4 is 16.2 Å². The fraction of sp³-hybridized carbons (Fsp3) is 0.346. The van der Waals surface area contributed by atoms with E-state index in [1.54, 1.807) is 71.1 Å². The van der Waals surface area contributed by atoms with Gasteiger partial charge >= 0.3 is 21.7 Å². The Bertz CT molecular complexity index is 1500. The van der Waals surface area contributed by atoms with Gasteiger partial charge in [-0.05, 0) is 76.1 Å². The van der Waals surface area contributed by atoms with Gasteiger partial charge in [0.2, 0.25) is 0 Å². The average Bonchev–Trinajstić information content (AvgIpc) is 3.11. The van der Waals surface area contributed by atoms with Crippen molar-refractivity contribution in [1.29, 1.82) is 0 Å². The number of aromatic nitrogens is 2. The average molecular weight is 565 g/mol. The van der Waals surface area contributed by atoms with E-state index in [0.29, 0.717) is 33.8 Å². The number of rotatable bonds is 5.